The van der Waals surface area contributed by atoms with Crippen LogP contribution in [0.1, 0.15) is 52.6 Å². The summed E-state index contributed by atoms with van der Waals surface area (Å²) in [6.07, 6.45) is 0. The number of amides is 4. The Morgan fingerprint density at radius 3 is 1.62 bits per heavy atom. The van der Waals surface area contributed by atoms with E-state index >= 15 is 0 Å². The molecule has 12 heteroatoms. The van der Waals surface area contributed by atoms with E-state index in [0.717, 1.165) is 8.95 Å². The van der Waals surface area contributed by atoms with Gasteiger partial charge in [0.2, 0.25) is 0 Å². The fraction of sp³-hybridized carbons (Fsp3) is 0.0667. The van der Waals surface area contributed by atoms with Gasteiger partial charge in [-0.15, -0.1) is 0 Å². The van der Waals surface area contributed by atoms with Crippen LogP contribution in [-0.2, 0) is 13.1 Å². The Morgan fingerprint density at radius 1 is 0.571 bits per heavy atom. The van der Waals surface area contributed by atoms with Gasteiger partial charge in [-0.25, -0.2) is 0 Å². The minimum absolute atomic E-state index is 0.157. The number of phenolic OH excluding ortho intramolecular Hbond substituents is 2. The Bertz CT molecular complexity index is 1780. The highest BCUT2D eigenvalue weighted by atomic mass is 79.9. The third-order valence-corrected chi connectivity index (χ3v) is 7.54. The molecule has 0 unspecified atom stereocenters. The van der Waals surface area contributed by atoms with Gasteiger partial charge >= 0.3 is 0 Å². The summed E-state index contributed by atoms with van der Waals surface area (Å²) in [6.45, 7) is 0.681. The lowest BCUT2D eigenvalue weighted by Gasteiger charge is -2.11. The molecule has 0 atom stereocenters. The maximum atomic E-state index is 11.8. The Morgan fingerprint density at radius 2 is 1.07 bits per heavy atom. The molecule has 0 fully saturated rings. The molecule has 4 aromatic rings. The number of imide groups is 2. The first-order valence-corrected chi connectivity index (χ1v) is 14.1. The van der Waals surface area contributed by atoms with Crippen molar-refractivity contribution >= 4 is 66.9 Å². The first-order valence-electron chi connectivity index (χ1n) is 12.5. The quantitative estimate of drug-likeness (QED) is 0.149. The monoisotopic (exact) mass is 692 g/mol. The number of benzene rings is 4. The lowest BCUT2D eigenvalue weighted by molar-refractivity contribution is 0.0863. The van der Waals surface area contributed by atoms with Gasteiger partial charge in [-0.3, -0.25) is 29.8 Å². The van der Waals surface area contributed by atoms with E-state index in [1.807, 2.05) is 6.07 Å². The molecular weight excluding hydrogens is 672 g/mol. The molecule has 0 spiro atoms. The molecule has 6 rings (SSSR count). The number of carbonyl (C=O) groups excluding carboxylic acids is 4. The molecule has 6 N–H and O–H groups in total. The second kappa shape index (κ2) is 12.0. The van der Waals surface area contributed by atoms with E-state index in [4.69, 9.17) is 0 Å². The summed E-state index contributed by atoms with van der Waals surface area (Å²) in [6, 6.07) is 20.4. The molecule has 212 valence electrons. The van der Waals surface area contributed by atoms with E-state index < -0.39 is 11.8 Å². The van der Waals surface area contributed by atoms with E-state index in [0.29, 0.717) is 57.8 Å². The molecule has 0 saturated heterocycles. The van der Waals surface area contributed by atoms with Gasteiger partial charge in [-0.2, -0.15) is 0 Å². The van der Waals surface area contributed by atoms with Crippen LogP contribution < -0.4 is 21.3 Å². The van der Waals surface area contributed by atoms with Crippen LogP contribution in [0.5, 0.6) is 11.5 Å². The van der Waals surface area contributed by atoms with Gasteiger partial charge in [0.1, 0.15) is 11.5 Å². The van der Waals surface area contributed by atoms with Crippen molar-refractivity contribution in [2.45, 2.75) is 13.1 Å². The molecule has 2 aliphatic heterocycles. The summed E-state index contributed by atoms with van der Waals surface area (Å²) in [7, 11) is 0. The zero-order valence-corrected chi connectivity index (χ0v) is 24.8. The SMILES string of the molecule is O=C1NC(=O)c2c(NCc3cc(Br)ccc3O)cccc21.O=C1NC(=O)c2c(NCc3ccc(Br)cc3O)cccc21. The number of carbonyl (C=O) groups is 4. The smallest absolute Gasteiger partial charge is 0.261 e. The normalized spacial score (nSPS) is 13.0. The maximum Gasteiger partial charge on any atom is 0.261 e. The first kappa shape index (κ1) is 28.8. The molecule has 2 heterocycles. The molecule has 2 aliphatic rings. The third-order valence-electron chi connectivity index (χ3n) is 6.55. The number of fused-ring (bicyclic) bond motifs is 2. The summed E-state index contributed by atoms with van der Waals surface area (Å²) < 4.78 is 1.64. The summed E-state index contributed by atoms with van der Waals surface area (Å²) in [5.41, 5.74) is 3.94. The first-order chi connectivity index (χ1) is 20.1. The van der Waals surface area contributed by atoms with Gasteiger partial charge < -0.3 is 20.8 Å². The topological polar surface area (TPSA) is 157 Å². The second-order valence-electron chi connectivity index (χ2n) is 9.28. The number of hydrogen-bond acceptors (Lipinski definition) is 8. The molecule has 0 aliphatic carbocycles. The Labute approximate surface area is 256 Å². The minimum Gasteiger partial charge on any atom is -0.508 e. The fourth-order valence-electron chi connectivity index (χ4n) is 4.50. The van der Waals surface area contributed by atoms with Crippen LogP contribution in [0.3, 0.4) is 0 Å². The van der Waals surface area contributed by atoms with Crippen molar-refractivity contribution < 1.29 is 29.4 Å². The van der Waals surface area contributed by atoms with Crippen LogP contribution in [0.4, 0.5) is 11.4 Å². The summed E-state index contributed by atoms with van der Waals surface area (Å²) in [4.78, 5) is 46.8. The average Bonchev–Trinajstić information content (AvgIpc) is 3.43. The number of phenols is 2. The molecule has 4 aromatic carbocycles. The summed E-state index contributed by atoms with van der Waals surface area (Å²) >= 11 is 6.62. The van der Waals surface area contributed by atoms with E-state index in [9.17, 15) is 29.4 Å². The molecule has 10 nitrogen and oxygen atoms in total. The van der Waals surface area contributed by atoms with E-state index in [1.54, 1.807) is 66.7 Å². The average molecular weight is 694 g/mol. The largest absolute Gasteiger partial charge is 0.508 e. The number of halogens is 2. The number of rotatable bonds is 6. The van der Waals surface area contributed by atoms with Crippen molar-refractivity contribution in [2.75, 3.05) is 10.6 Å². The van der Waals surface area contributed by atoms with Gasteiger partial charge in [0.25, 0.3) is 23.6 Å². The molecule has 0 radical (unpaired) electrons. The summed E-state index contributed by atoms with van der Waals surface area (Å²) in [5.74, 6) is -1.26. The highest BCUT2D eigenvalue weighted by Gasteiger charge is 2.30. The molecule has 0 saturated carbocycles. The summed E-state index contributed by atoms with van der Waals surface area (Å²) in [5, 5.41) is 30.4. The van der Waals surface area contributed by atoms with Crippen molar-refractivity contribution in [3.05, 3.63) is 115 Å². The van der Waals surface area contributed by atoms with Gasteiger partial charge in [0.15, 0.2) is 0 Å². The van der Waals surface area contributed by atoms with Crippen LogP contribution in [0.15, 0.2) is 81.7 Å². The predicted molar refractivity (Wildman–Crippen MR) is 163 cm³/mol. The van der Waals surface area contributed by atoms with Crippen molar-refractivity contribution in [2.24, 2.45) is 0 Å². The van der Waals surface area contributed by atoms with Crippen LogP contribution in [-0.4, -0.2) is 33.8 Å². The Hall–Kier alpha value is -4.68. The minimum atomic E-state index is -0.406. The molecule has 4 amide bonds. The van der Waals surface area contributed by atoms with E-state index in [2.05, 4.69) is 53.1 Å². The second-order valence-corrected chi connectivity index (χ2v) is 11.1. The lowest BCUT2D eigenvalue weighted by atomic mass is 10.1. The van der Waals surface area contributed by atoms with E-state index in [-0.39, 0.29) is 23.3 Å². The fourth-order valence-corrected chi connectivity index (χ4v) is 5.25. The molecule has 0 aromatic heterocycles. The third kappa shape index (κ3) is 5.99. The number of hydrogen-bond donors (Lipinski definition) is 6. The standard InChI is InChI=1S/2C15H11BrN2O3/c16-9-4-5-12(19)8(6-9)7-17-11-3-1-2-10-13(11)15(21)18-14(10)20;16-9-5-4-8(12(19)6-9)7-17-11-3-1-2-10-13(11)15(21)18-14(10)20/h2*1-6,17,19H,7H2,(H,18,20,21). The van der Waals surface area contributed by atoms with Crippen LogP contribution in [0, 0.1) is 0 Å². The molecule has 0 bridgehead atoms. The van der Waals surface area contributed by atoms with Crippen LogP contribution in [0.2, 0.25) is 0 Å². The zero-order valence-electron chi connectivity index (χ0n) is 21.6. The highest BCUT2D eigenvalue weighted by Crippen LogP contribution is 2.28. The van der Waals surface area contributed by atoms with E-state index in [1.165, 1.54) is 0 Å². The molecular formula is C30H22Br2N4O6. The number of nitrogens with one attached hydrogen (secondary N) is 4. The lowest BCUT2D eigenvalue weighted by Crippen LogP contribution is -2.20. The Balaban J connectivity index is 0.000000168. The molecule has 42 heavy (non-hydrogen) atoms. The number of anilines is 2. The van der Waals surface area contributed by atoms with Crippen molar-refractivity contribution in [1.29, 1.82) is 0 Å². The number of aromatic hydroxyl groups is 2. The van der Waals surface area contributed by atoms with Gasteiger partial charge in [0.05, 0.1) is 22.3 Å². The van der Waals surface area contributed by atoms with Crippen molar-refractivity contribution in [3.8, 4) is 11.5 Å². The Kier molecular flexibility index (Phi) is 8.27. The van der Waals surface area contributed by atoms with Crippen molar-refractivity contribution in [3.63, 3.8) is 0 Å². The van der Waals surface area contributed by atoms with Gasteiger partial charge in [-0.1, -0.05) is 50.1 Å². The van der Waals surface area contributed by atoms with Crippen LogP contribution >= 0.6 is 31.9 Å². The van der Waals surface area contributed by atoms with Crippen LogP contribution in [0.25, 0.3) is 0 Å². The van der Waals surface area contributed by atoms with Gasteiger partial charge in [-0.05, 0) is 54.6 Å². The predicted octanol–water partition coefficient (Wildman–Crippen LogP) is 5.30. The zero-order chi connectivity index (χ0) is 30.0. The maximum absolute atomic E-state index is 11.8. The highest BCUT2D eigenvalue weighted by molar-refractivity contribution is 9.10. The van der Waals surface area contributed by atoms with Gasteiger partial charge in [0, 0.05) is 44.5 Å². The van der Waals surface area contributed by atoms with Crippen molar-refractivity contribution in [1.82, 2.24) is 10.6 Å².